The lowest BCUT2D eigenvalue weighted by Crippen LogP contribution is -2.39. The molecule has 1 aliphatic heterocycles. The highest BCUT2D eigenvalue weighted by molar-refractivity contribution is 9.08. The van der Waals surface area contributed by atoms with Crippen LogP contribution in [0.4, 0.5) is 5.82 Å². The van der Waals surface area contributed by atoms with Crippen molar-refractivity contribution in [3.63, 3.8) is 0 Å². The Morgan fingerprint density at radius 1 is 1.30 bits per heavy atom. The summed E-state index contributed by atoms with van der Waals surface area (Å²) in [5.74, 6) is 2.51. The number of aromatic nitrogens is 4. The predicted molar refractivity (Wildman–Crippen MR) is 98.6 cm³/mol. The third-order valence-corrected chi connectivity index (χ3v) is 3.25. The van der Waals surface area contributed by atoms with Gasteiger partial charge < -0.3 is 15.0 Å². The Hall–Kier alpha value is -0.960. The number of fused-ring (bicyclic) bond motifs is 1. The molecular formula is C14H24BrClN6O. The Morgan fingerprint density at radius 2 is 2.00 bits per heavy atom. The molecule has 3 heterocycles. The molecule has 2 aromatic rings. The van der Waals surface area contributed by atoms with Gasteiger partial charge in [-0.2, -0.15) is 9.97 Å². The number of rotatable bonds is 4. The van der Waals surface area contributed by atoms with E-state index in [-0.39, 0.29) is 5.28 Å². The van der Waals surface area contributed by atoms with Crippen LogP contribution in [0.3, 0.4) is 0 Å². The first-order valence-corrected chi connectivity index (χ1v) is 9.58. The van der Waals surface area contributed by atoms with Crippen LogP contribution in [0, 0.1) is 0 Å². The maximum atomic E-state index is 5.87. The zero-order chi connectivity index (χ0) is 17.1. The van der Waals surface area contributed by atoms with Crippen molar-refractivity contribution in [2.75, 3.05) is 50.5 Å². The SMILES string of the molecule is CBr.CC.Clc1nc(NCCN2CCOCC2)c2[nH]cnc2n1. The van der Waals surface area contributed by atoms with E-state index in [4.69, 9.17) is 16.3 Å². The van der Waals surface area contributed by atoms with Crippen molar-refractivity contribution < 1.29 is 4.74 Å². The lowest BCUT2D eigenvalue weighted by Gasteiger charge is -2.26. The molecule has 0 atom stereocenters. The summed E-state index contributed by atoms with van der Waals surface area (Å²) in [7, 11) is 0. The number of alkyl halides is 1. The molecule has 1 aliphatic rings. The molecular weight excluding hydrogens is 384 g/mol. The van der Waals surface area contributed by atoms with Crippen LogP contribution in [-0.2, 0) is 4.74 Å². The number of hydrogen-bond acceptors (Lipinski definition) is 6. The largest absolute Gasteiger partial charge is 0.379 e. The average Bonchev–Trinajstić information content (AvgIpc) is 3.08. The van der Waals surface area contributed by atoms with Gasteiger partial charge in [-0.05, 0) is 17.4 Å². The molecule has 23 heavy (non-hydrogen) atoms. The number of aromatic amines is 1. The smallest absolute Gasteiger partial charge is 0.226 e. The molecule has 1 fully saturated rings. The van der Waals surface area contributed by atoms with E-state index in [1.165, 1.54) is 0 Å². The van der Waals surface area contributed by atoms with Gasteiger partial charge in [-0.3, -0.25) is 4.90 Å². The van der Waals surface area contributed by atoms with Gasteiger partial charge in [0.15, 0.2) is 11.5 Å². The molecule has 2 N–H and O–H groups in total. The molecule has 1 saturated heterocycles. The molecule has 0 aliphatic carbocycles. The first-order chi connectivity index (χ1) is 11.3. The fourth-order valence-corrected chi connectivity index (χ4v) is 2.26. The summed E-state index contributed by atoms with van der Waals surface area (Å²) in [6, 6.07) is 0. The number of morpholine rings is 1. The number of anilines is 1. The van der Waals surface area contributed by atoms with Crippen molar-refractivity contribution >= 4 is 44.5 Å². The second-order valence-corrected chi connectivity index (χ2v) is 4.66. The minimum atomic E-state index is 0.202. The summed E-state index contributed by atoms with van der Waals surface area (Å²) in [6.07, 6.45) is 1.59. The van der Waals surface area contributed by atoms with Crippen LogP contribution in [0.25, 0.3) is 11.2 Å². The van der Waals surface area contributed by atoms with Gasteiger partial charge in [0.25, 0.3) is 0 Å². The van der Waals surface area contributed by atoms with E-state index >= 15 is 0 Å². The Balaban J connectivity index is 0.000000615. The molecule has 9 heteroatoms. The molecule has 3 rings (SSSR count). The topological polar surface area (TPSA) is 79.0 Å². The lowest BCUT2D eigenvalue weighted by molar-refractivity contribution is 0.0398. The summed E-state index contributed by atoms with van der Waals surface area (Å²) < 4.78 is 5.31. The maximum Gasteiger partial charge on any atom is 0.226 e. The zero-order valence-corrected chi connectivity index (χ0v) is 16.1. The Kier molecular flexibility index (Phi) is 10.1. The number of ether oxygens (including phenoxy) is 1. The molecule has 130 valence electrons. The van der Waals surface area contributed by atoms with Crippen molar-refractivity contribution in [2.24, 2.45) is 0 Å². The average molecular weight is 408 g/mol. The Labute approximate surface area is 150 Å². The molecule has 0 aromatic carbocycles. The lowest BCUT2D eigenvalue weighted by atomic mass is 10.4. The van der Waals surface area contributed by atoms with Gasteiger partial charge in [0.1, 0.15) is 5.52 Å². The normalized spacial score (nSPS) is 14.5. The van der Waals surface area contributed by atoms with Crippen LogP contribution in [0.1, 0.15) is 13.8 Å². The van der Waals surface area contributed by atoms with E-state index in [1.807, 2.05) is 19.7 Å². The Morgan fingerprint density at radius 3 is 2.70 bits per heavy atom. The van der Waals surface area contributed by atoms with E-state index < -0.39 is 0 Å². The fraction of sp³-hybridized carbons (Fsp3) is 0.643. The van der Waals surface area contributed by atoms with Gasteiger partial charge in [-0.1, -0.05) is 29.8 Å². The maximum absolute atomic E-state index is 5.87. The van der Waals surface area contributed by atoms with Crippen molar-refractivity contribution in [1.29, 1.82) is 0 Å². The molecule has 0 saturated carbocycles. The van der Waals surface area contributed by atoms with Crippen LogP contribution in [0.2, 0.25) is 5.28 Å². The fourth-order valence-electron chi connectivity index (χ4n) is 2.09. The summed E-state index contributed by atoms with van der Waals surface area (Å²) in [6.45, 7) is 9.31. The van der Waals surface area contributed by atoms with Gasteiger partial charge in [0.2, 0.25) is 5.28 Å². The molecule has 7 nitrogen and oxygen atoms in total. The second kappa shape index (κ2) is 11.6. The number of hydrogen-bond donors (Lipinski definition) is 2. The second-order valence-electron chi connectivity index (χ2n) is 4.32. The van der Waals surface area contributed by atoms with E-state index in [2.05, 4.69) is 46.1 Å². The number of H-pyrrole nitrogens is 1. The third kappa shape index (κ3) is 6.21. The predicted octanol–water partition coefficient (Wildman–Crippen LogP) is 2.79. The molecule has 0 spiro atoms. The van der Waals surface area contributed by atoms with Crippen molar-refractivity contribution in [1.82, 2.24) is 24.8 Å². The van der Waals surface area contributed by atoms with E-state index in [9.17, 15) is 0 Å². The number of imidazole rings is 1. The van der Waals surface area contributed by atoms with E-state index in [0.717, 1.165) is 44.9 Å². The molecule has 2 aromatic heterocycles. The Bertz CT molecular complexity index is 561. The van der Waals surface area contributed by atoms with Crippen molar-refractivity contribution in [3.05, 3.63) is 11.6 Å². The van der Waals surface area contributed by atoms with Crippen LogP contribution in [-0.4, -0.2) is 70.1 Å². The van der Waals surface area contributed by atoms with Gasteiger partial charge >= 0.3 is 0 Å². The molecule has 0 radical (unpaired) electrons. The summed E-state index contributed by atoms with van der Waals surface area (Å²) in [5, 5.41) is 3.47. The molecule has 0 bridgehead atoms. The summed E-state index contributed by atoms with van der Waals surface area (Å²) in [5.41, 5.74) is 1.36. The molecule has 0 amide bonds. The number of halogens is 2. The van der Waals surface area contributed by atoms with Crippen LogP contribution >= 0.6 is 27.5 Å². The minimum Gasteiger partial charge on any atom is -0.379 e. The standard InChI is InChI=1S/C11H15ClN6O.C2H6.CH3Br/c12-11-16-9(8-10(17-11)15-7-14-8)13-1-2-18-3-5-19-6-4-18;2*1-2/h7H,1-6H2,(H2,13,14,15,16,17);1-2H3;1H3. The van der Waals surface area contributed by atoms with Crippen molar-refractivity contribution in [3.8, 4) is 0 Å². The third-order valence-electron chi connectivity index (χ3n) is 3.08. The van der Waals surface area contributed by atoms with Crippen LogP contribution in [0.15, 0.2) is 6.33 Å². The van der Waals surface area contributed by atoms with Gasteiger partial charge in [0, 0.05) is 26.2 Å². The van der Waals surface area contributed by atoms with Crippen LogP contribution < -0.4 is 5.32 Å². The highest BCUT2D eigenvalue weighted by atomic mass is 79.9. The number of nitrogens with zero attached hydrogens (tertiary/aromatic N) is 4. The highest BCUT2D eigenvalue weighted by Gasteiger charge is 2.11. The van der Waals surface area contributed by atoms with Gasteiger partial charge in [0.05, 0.1) is 19.5 Å². The monoisotopic (exact) mass is 406 g/mol. The van der Waals surface area contributed by atoms with Crippen LogP contribution in [0.5, 0.6) is 0 Å². The van der Waals surface area contributed by atoms with Gasteiger partial charge in [-0.15, -0.1) is 0 Å². The quantitative estimate of drug-likeness (QED) is 0.599. The van der Waals surface area contributed by atoms with E-state index in [0.29, 0.717) is 11.5 Å². The van der Waals surface area contributed by atoms with Crippen molar-refractivity contribution in [2.45, 2.75) is 13.8 Å². The zero-order valence-electron chi connectivity index (χ0n) is 13.8. The first kappa shape index (κ1) is 20.1. The van der Waals surface area contributed by atoms with E-state index in [1.54, 1.807) is 6.33 Å². The molecule has 0 unspecified atom stereocenters. The number of nitrogens with one attached hydrogen (secondary N) is 2. The minimum absolute atomic E-state index is 0.202. The summed E-state index contributed by atoms with van der Waals surface area (Å²) >= 11 is 8.80. The first-order valence-electron chi connectivity index (χ1n) is 7.61. The summed E-state index contributed by atoms with van der Waals surface area (Å²) in [4.78, 5) is 17.7. The van der Waals surface area contributed by atoms with Gasteiger partial charge in [-0.25, -0.2) is 4.98 Å². The highest BCUT2D eigenvalue weighted by Crippen LogP contribution is 2.18.